The third-order valence-corrected chi connectivity index (χ3v) is 4.01. The van der Waals surface area contributed by atoms with Crippen molar-refractivity contribution in [1.29, 1.82) is 0 Å². The third kappa shape index (κ3) is 2.20. The summed E-state index contributed by atoms with van der Waals surface area (Å²) >= 11 is 1.46. The number of halogens is 1. The van der Waals surface area contributed by atoms with Crippen molar-refractivity contribution in [3.63, 3.8) is 0 Å². The molecule has 1 fully saturated rings. The zero-order valence-corrected chi connectivity index (χ0v) is 11.9. The maximum atomic E-state index is 13.1. The number of imidazole rings is 1. The summed E-state index contributed by atoms with van der Waals surface area (Å²) in [5.41, 5.74) is 1.28. The van der Waals surface area contributed by atoms with Gasteiger partial charge in [-0.25, -0.2) is 9.37 Å². The predicted molar refractivity (Wildman–Crippen MR) is 75.8 cm³/mol. The predicted octanol–water partition coefficient (Wildman–Crippen LogP) is 2.58. The molecule has 1 aromatic heterocycles. The highest BCUT2D eigenvalue weighted by Gasteiger charge is 2.26. The molecule has 2 heterocycles. The Kier molecular flexibility index (Phi) is 3.48. The second-order valence-electron chi connectivity index (χ2n) is 4.59. The summed E-state index contributed by atoms with van der Waals surface area (Å²) in [6.07, 6.45) is 4.54. The third-order valence-electron chi connectivity index (χ3n) is 3.36. The molecule has 1 amide bonds. The number of carbonyl (C=O) groups excluding carboxylic acids is 1. The molecule has 1 saturated heterocycles. The van der Waals surface area contributed by atoms with Crippen LogP contribution in [0.2, 0.25) is 0 Å². The first kappa shape index (κ1) is 13.2. The van der Waals surface area contributed by atoms with Gasteiger partial charge in [0.25, 0.3) is 5.91 Å². The van der Waals surface area contributed by atoms with E-state index in [0.29, 0.717) is 5.69 Å². The van der Waals surface area contributed by atoms with Crippen molar-refractivity contribution in [2.75, 3.05) is 19.3 Å². The molecule has 0 atom stereocenters. The molecule has 0 saturated carbocycles. The van der Waals surface area contributed by atoms with E-state index in [1.165, 1.54) is 23.9 Å². The molecule has 1 aromatic carbocycles. The van der Waals surface area contributed by atoms with Gasteiger partial charge in [-0.15, -0.1) is 0 Å². The van der Waals surface area contributed by atoms with Crippen LogP contribution in [0.4, 0.5) is 4.39 Å². The zero-order chi connectivity index (χ0) is 14.1. The average molecular weight is 291 g/mol. The SMILES string of the molecule is CSc1ncc(C(=O)N2CCC2)n1-c1ccc(F)cc1. The van der Waals surface area contributed by atoms with Gasteiger partial charge < -0.3 is 4.90 Å². The van der Waals surface area contributed by atoms with Crippen LogP contribution in [0.1, 0.15) is 16.9 Å². The van der Waals surface area contributed by atoms with Crippen molar-refractivity contribution in [3.05, 3.63) is 42.0 Å². The largest absolute Gasteiger partial charge is 0.337 e. The first-order valence-corrected chi connectivity index (χ1v) is 7.60. The Labute approximate surface area is 120 Å². The molecule has 3 rings (SSSR count). The van der Waals surface area contributed by atoms with E-state index in [4.69, 9.17) is 0 Å². The van der Waals surface area contributed by atoms with Crippen molar-refractivity contribution >= 4 is 17.7 Å². The second kappa shape index (κ2) is 5.28. The van der Waals surface area contributed by atoms with Crippen LogP contribution in [0, 0.1) is 5.82 Å². The minimum Gasteiger partial charge on any atom is -0.337 e. The molecule has 0 radical (unpaired) electrons. The van der Waals surface area contributed by atoms with Crippen LogP contribution < -0.4 is 0 Å². The molecule has 0 N–H and O–H groups in total. The topological polar surface area (TPSA) is 38.1 Å². The van der Waals surface area contributed by atoms with Gasteiger partial charge in [0, 0.05) is 18.8 Å². The number of aromatic nitrogens is 2. The highest BCUT2D eigenvalue weighted by molar-refractivity contribution is 7.98. The van der Waals surface area contributed by atoms with Gasteiger partial charge in [0.1, 0.15) is 11.5 Å². The Morgan fingerprint density at radius 1 is 1.30 bits per heavy atom. The van der Waals surface area contributed by atoms with Crippen LogP contribution in [0.15, 0.2) is 35.6 Å². The van der Waals surface area contributed by atoms with Crippen LogP contribution in [0.25, 0.3) is 5.69 Å². The molecule has 1 aliphatic heterocycles. The summed E-state index contributed by atoms with van der Waals surface area (Å²) in [6, 6.07) is 6.09. The summed E-state index contributed by atoms with van der Waals surface area (Å²) in [7, 11) is 0. The van der Waals surface area contributed by atoms with E-state index >= 15 is 0 Å². The molecule has 0 bridgehead atoms. The maximum Gasteiger partial charge on any atom is 0.272 e. The lowest BCUT2D eigenvalue weighted by Gasteiger charge is -2.31. The van der Waals surface area contributed by atoms with E-state index < -0.39 is 0 Å². The highest BCUT2D eigenvalue weighted by atomic mass is 32.2. The molecular weight excluding hydrogens is 277 g/mol. The number of amides is 1. The minimum absolute atomic E-state index is 0.0200. The number of nitrogens with zero attached hydrogens (tertiary/aromatic N) is 3. The summed E-state index contributed by atoms with van der Waals surface area (Å²) in [4.78, 5) is 18.5. The highest BCUT2D eigenvalue weighted by Crippen LogP contribution is 2.24. The Morgan fingerprint density at radius 2 is 2.00 bits per heavy atom. The summed E-state index contributed by atoms with van der Waals surface area (Å²) < 4.78 is 14.8. The maximum absolute atomic E-state index is 13.1. The molecule has 6 heteroatoms. The number of benzene rings is 1. The van der Waals surface area contributed by atoms with Crippen molar-refractivity contribution in [1.82, 2.24) is 14.5 Å². The van der Waals surface area contributed by atoms with Gasteiger partial charge >= 0.3 is 0 Å². The monoisotopic (exact) mass is 291 g/mol. The normalized spacial score (nSPS) is 14.2. The van der Waals surface area contributed by atoms with Crippen molar-refractivity contribution in [2.24, 2.45) is 0 Å². The average Bonchev–Trinajstić information content (AvgIpc) is 2.81. The zero-order valence-electron chi connectivity index (χ0n) is 11.0. The first-order chi connectivity index (χ1) is 9.70. The van der Waals surface area contributed by atoms with Gasteiger partial charge in [0.15, 0.2) is 5.16 Å². The minimum atomic E-state index is -0.296. The van der Waals surface area contributed by atoms with E-state index in [9.17, 15) is 9.18 Å². The van der Waals surface area contributed by atoms with E-state index in [1.807, 2.05) is 6.26 Å². The molecule has 0 unspecified atom stereocenters. The summed E-state index contributed by atoms with van der Waals surface area (Å²) in [5.74, 6) is -0.316. The lowest BCUT2D eigenvalue weighted by molar-refractivity contribution is 0.0643. The fourth-order valence-electron chi connectivity index (χ4n) is 2.15. The molecule has 20 heavy (non-hydrogen) atoms. The van der Waals surface area contributed by atoms with Crippen LogP contribution in [0.5, 0.6) is 0 Å². The van der Waals surface area contributed by atoms with Gasteiger partial charge in [0.05, 0.1) is 6.20 Å². The Balaban J connectivity index is 2.05. The van der Waals surface area contributed by atoms with Crippen molar-refractivity contribution < 1.29 is 9.18 Å². The van der Waals surface area contributed by atoms with Gasteiger partial charge in [-0.2, -0.15) is 0 Å². The lowest BCUT2D eigenvalue weighted by Crippen LogP contribution is -2.42. The Morgan fingerprint density at radius 3 is 2.55 bits per heavy atom. The van der Waals surface area contributed by atoms with E-state index in [2.05, 4.69) is 4.98 Å². The fraction of sp³-hybridized carbons (Fsp3) is 0.286. The molecule has 2 aromatic rings. The Bertz CT molecular complexity index is 634. The molecule has 0 aliphatic carbocycles. The van der Waals surface area contributed by atoms with E-state index in [-0.39, 0.29) is 11.7 Å². The number of rotatable bonds is 3. The molecule has 104 valence electrons. The first-order valence-electron chi connectivity index (χ1n) is 6.37. The van der Waals surface area contributed by atoms with E-state index in [1.54, 1.807) is 27.8 Å². The number of thioether (sulfide) groups is 1. The molecule has 0 spiro atoms. The van der Waals surface area contributed by atoms with Crippen molar-refractivity contribution in [2.45, 2.75) is 11.6 Å². The van der Waals surface area contributed by atoms with Gasteiger partial charge in [-0.1, -0.05) is 11.8 Å². The Hall–Kier alpha value is -1.82. The second-order valence-corrected chi connectivity index (χ2v) is 5.36. The summed E-state index contributed by atoms with van der Waals surface area (Å²) in [5, 5.41) is 0.723. The van der Waals surface area contributed by atoms with Gasteiger partial charge in [-0.05, 0) is 36.9 Å². The number of hydrogen-bond donors (Lipinski definition) is 0. The van der Waals surface area contributed by atoms with Crippen LogP contribution >= 0.6 is 11.8 Å². The van der Waals surface area contributed by atoms with Crippen LogP contribution in [-0.2, 0) is 0 Å². The van der Waals surface area contributed by atoms with E-state index in [0.717, 1.165) is 30.4 Å². The quantitative estimate of drug-likeness (QED) is 0.816. The molecule has 4 nitrogen and oxygen atoms in total. The standard InChI is InChI=1S/C14H14FN3OS/c1-20-14-16-9-12(13(19)17-7-2-8-17)18(14)11-5-3-10(15)4-6-11/h3-6,9H,2,7-8H2,1H3. The number of carbonyl (C=O) groups is 1. The fourth-order valence-corrected chi connectivity index (χ4v) is 2.70. The van der Waals surface area contributed by atoms with Crippen LogP contribution in [0.3, 0.4) is 0 Å². The smallest absolute Gasteiger partial charge is 0.272 e. The molecule has 1 aliphatic rings. The lowest BCUT2D eigenvalue weighted by atomic mass is 10.2. The van der Waals surface area contributed by atoms with Gasteiger partial charge in [-0.3, -0.25) is 9.36 Å². The van der Waals surface area contributed by atoms with Crippen molar-refractivity contribution in [3.8, 4) is 5.69 Å². The number of likely N-dealkylation sites (tertiary alicyclic amines) is 1. The number of hydrogen-bond acceptors (Lipinski definition) is 3. The van der Waals surface area contributed by atoms with Crippen LogP contribution in [-0.4, -0.2) is 39.7 Å². The molecular formula is C14H14FN3OS. The van der Waals surface area contributed by atoms with Gasteiger partial charge in [0.2, 0.25) is 0 Å². The summed E-state index contributed by atoms with van der Waals surface area (Å²) in [6.45, 7) is 1.59.